The summed E-state index contributed by atoms with van der Waals surface area (Å²) >= 11 is 6.14. The van der Waals surface area contributed by atoms with Crippen molar-refractivity contribution in [3.63, 3.8) is 0 Å². The fraction of sp³-hybridized carbons (Fsp3) is 0.0870. The van der Waals surface area contributed by atoms with Crippen molar-refractivity contribution in [1.29, 1.82) is 0 Å². The number of halogens is 1. The molecule has 0 spiro atoms. The maximum absolute atomic E-state index is 12.9. The quantitative estimate of drug-likeness (QED) is 0.538. The Morgan fingerprint density at radius 3 is 2.71 bits per heavy atom. The molecule has 0 unspecified atom stereocenters. The summed E-state index contributed by atoms with van der Waals surface area (Å²) in [6, 6.07) is 14.4. The van der Waals surface area contributed by atoms with Gasteiger partial charge in [0.2, 0.25) is 0 Å². The van der Waals surface area contributed by atoms with Gasteiger partial charge in [-0.2, -0.15) is 5.10 Å². The lowest BCUT2D eigenvalue weighted by molar-refractivity contribution is -0.132. The molecule has 1 aromatic heterocycles. The number of anilines is 2. The largest absolute Gasteiger partial charge is 0.477 e. The van der Waals surface area contributed by atoms with Crippen molar-refractivity contribution in [2.75, 3.05) is 10.6 Å². The molecule has 0 radical (unpaired) electrons. The Labute approximate surface area is 183 Å². The van der Waals surface area contributed by atoms with Gasteiger partial charge in [-0.1, -0.05) is 60.2 Å². The molecule has 3 aromatic rings. The highest BCUT2D eigenvalue weighted by atomic mass is 35.5. The van der Waals surface area contributed by atoms with Gasteiger partial charge in [0, 0.05) is 10.7 Å². The maximum atomic E-state index is 12.9. The number of aromatic nitrogens is 2. The fourth-order valence-electron chi connectivity index (χ4n) is 3.19. The Kier molecular flexibility index (Phi) is 5.60. The molecule has 0 bridgehead atoms. The van der Waals surface area contributed by atoms with Gasteiger partial charge in [0.25, 0.3) is 5.91 Å². The fourth-order valence-corrected chi connectivity index (χ4v) is 3.37. The van der Waals surface area contributed by atoms with Crippen LogP contribution >= 0.6 is 11.6 Å². The molecular weight excluding hydrogens is 416 g/mol. The summed E-state index contributed by atoms with van der Waals surface area (Å²) in [6.45, 7) is 1.87. The summed E-state index contributed by atoms with van der Waals surface area (Å²) in [6.07, 6.45) is 6.67. The van der Waals surface area contributed by atoms with Crippen LogP contribution in [-0.4, -0.2) is 26.8 Å². The highest BCUT2D eigenvalue weighted by molar-refractivity contribution is 6.31. The molecule has 7 nitrogen and oxygen atoms in total. The van der Waals surface area contributed by atoms with Gasteiger partial charge < -0.3 is 15.7 Å². The van der Waals surface area contributed by atoms with E-state index in [2.05, 4.69) is 15.7 Å². The van der Waals surface area contributed by atoms with E-state index in [0.29, 0.717) is 16.5 Å². The van der Waals surface area contributed by atoms with E-state index in [-0.39, 0.29) is 11.3 Å². The molecule has 1 aliphatic heterocycles. The van der Waals surface area contributed by atoms with E-state index in [1.54, 1.807) is 29.0 Å². The third kappa shape index (κ3) is 4.36. The molecule has 2 aromatic carbocycles. The van der Waals surface area contributed by atoms with E-state index in [0.717, 1.165) is 11.1 Å². The number of aliphatic carboxylic acids is 1. The molecule has 31 heavy (non-hydrogen) atoms. The number of nitrogens with zero attached hydrogens (tertiary/aromatic N) is 2. The monoisotopic (exact) mass is 434 g/mol. The zero-order valence-corrected chi connectivity index (χ0v) is 17.3. The first-order valence-electron chi connectivity index (χ1n) is 9.53. The standard InChI is InChI=1S/C23H19ClN4O3/c1-14-7-9-16(11-19(14)24)26-22(29)18-13-25-28-17(10-8-15-5-3-2-4-6-15)12-20(23(30)31)27-21(18)28/h2-13,17,27H,1H3,(H,26,29)(H,30,31)/b10-8+/t17-/m1/s1. The molecule has 0 saturated carbocycles. The Balaban J connectivity index is 1.64. The van der Waals surface area contributed by atoms with Crippen molar-refractivity contribution < 1.29 is 14.7 Å². The Morgan fingerprint density at radius 1 is 1.23 bits per heavy atom. The molecule has 156 valence electrons. The molecule has 2 heterocycles. The molecule has 1 atom stereocenters. The van der Waals surface area contributed by atoms with Crippen LogP contribution in [0.2, 0.25) is 5.02 Å². The Hall–Kier alpha value is -3.84. The van der Waals surface area contributed by atoms with Crippen LogP contribution in [0.25, 0.3) is 6.08 Å². The minimum absolute atomic E-state index is 0.0249. The summed E-state index contributed by atoms with van der Waals surface area (Å²) in [5.41, 5.74) is 2.60. The van der Waals surface area contributed by atoms with Gasteiger partial charge in [-0.3, -0.25) is 4.79 Å². The zero-order valence-electron chi connectivity index (χ0n) is 16.5. The summed E-state index contributed by atoms with van der Waals surface area (Å²) in [7, 11) is 0. The van der Waals surface area contributed by atoms with Crippen LogP contribution in [0.1, 0.15) is 27.5 Å². The van der Waals surface area contributed by atoms with Crippen molar-refractivity contribution in [3.05, 3.63) is 94.3 Å². The zero-order chi connectivity index (χ0) is 22.0. The predicted molar refractivity (Wildman–Crippen MR) is 120 cm³/mol. The van der Waals surface area contributed by atoms with Crippen LogP contribution in [0.5, 0.6) is 0 Å². The Bertz CT molecular complexity index is 1210. The number of hydrogen-bond donors (Lipinski definition) is 3. The van der Waals surface area contributed by atoms with Gasteiger partial charge in [-0.15, -0.1) is 0 Å². The maximum Gasteiger partial charge on any atom is 0.352 e. The number of carbonyl (C=O) groups excluding carboxylic acids is 1. The molecule has 3 N–H and O–H groups in total. The number of fused-ring (bicyclic) bond motifs is 1. The Morgan fingerprint density at radius 2 is 2.00 bits per heavy atom. The van der Waals surface area contributed by atoms with E-state index in [4.69, 9.17) is 11.6 Å². The lowest BCUT2D eigenvalue weighted by atomic mass is 10.1. The molecular formula is C23H19ClN4O3. The van der Waals surface area contributed by atoms with Gasteiger partial charge >= 0.3 is 5.97 Å². The van der Waals surface area contributed by atoms with Gasteiger partial charge in [0.1, 0.15) is 17.1 Å². The average Bonchev–Trinajstić information content (AvgIpc) is 3.19. The molecule has 0 saturated heterocycles. The SMILES string of the molecule is Cc1ccc(NC(=O)c2cnn3c2NC(C(=O)O)=C[C@H]3/C=C/c2ccccc2)cc1Cl. The minimum Gasteiger partial charge on any atom is -0.477 e. The molecule has 1 aliphatic rings. The smallest absolute Gasteiger partial charge is 0.352 e. The second kappa shape index (κ2) is 8.49. The number of allylic oxidation sites excluding steroid dienone is 2. The van der Waals surface area contributed by atoms with Crippen molar-refractivity contribution in [1.82, 2.24) is 9.78 Å². The number of carbonyl (C=O) groups is 2. The second-order valence-electron chi connectivity index (χ2n) is 7.04. The van der Waals surface area contributed by atoms with Gasteiger partial charge in [-0.05, 0) is 36.3 Å². The van der Waals surface area contributed by atoms with E-state index < -0.39 is 17.9 Å². The topological polar surface area (TPSA) is 96.3 Å². The highest BCUT2D eigenvalue weighted by Gasteiger charge is 2.27. The van der Waals surface area contributed by atoms with Crippen molar-refractivity contribution >= 4 is 41.1 Å². The first-order chi connectivity index (χ1) is 14.9. The molecule has 0 aliphatic carbocycles. The van der Waals surface area contributed by atoms with Crippen molar-refractivity contribution in [3.8, 4) is 0 Å². The van der Waals surface area contributed by atoms with Crippen molar-refractivity contribution in [2.24, 2.45) is 0 Å². The number of hydrogen-bond acceptors (Lipinski definition) is 4. The summed E-state index contributed by atoms with van der Waals surface area (Å²) in [4.78, 5) is 24.5. The summed E-state index contributed by atoms with van der Waals surface area (Å²) < 4.78 is 1.57. The number of benzene rings is 2. The normalized spacial score (nSPS) is 15.2. The van der Waals surface area contributed by atoms with Crippen LogP contribution < -0.4 is 10.6 Å². The first-order valence-corrected chi connectivity index (χ1v) is 9.90. The number of carboxylic acid groups (broad SMARTS) is 1. The lowest BCUT2D eigenvalue weighted by Gasteiger charge is -2.22. The summed E-state index contributed by atoms with van der Waals surface area (Å²) in [5, 5.41) is 20.0. The molecule has 0 fully saturated rings. The minimum atomic E-state index is -1.12. The third-order valence-corrected chi connectivity index (χ3v) is 5.27. The van der Waals surface area contributed by atoms with Crippen LogP contribution in [0, 0.1) is 6.92 Å². The number of carboxylic acids is 1. The van der Waals surface area contributed by atoms with Gasteiger partial charge in [0.05, 0.1) is 12.2 Å². The molecule has 4 rings (SSSR count). The highest BCUT2D eigenvalue weighted by Crippen LogP contribution is 2.30. The van der Waals surface area contributed by atoms with E-state index in [1.165, 1.54) is 6.20 Å². The van der Waals surface area contributed by atoms with Crippen LogP contribution in [0.15, 0.2) is 72.6 Å². The summed E-state index contributed by atoms with van der Waals surface area (Å²) in [5.74, 6) is -1.24. The van der Waals surface area contributed by atoms with E-state index >= 15 is 0 Å². The van der Waals surface area contributed by atoms with Gasteiger partial charge in [-0.25, -0.2) is 9.48 Å². The number of aryl methyl sites for hydroxylation is 1. The number of rotatable bonds is 5. The van der Waals surface area contributed by atoms with E-state index in [1.807, 2.05) is 49.4 Å². The third-order valence-electron chi connectivity index (χ3n) is 4.86. The number of amides is 1. The van der Waals surface area contributed by atoms with Crippen molar-refractivity contribution in [2.45, 2.75) is 13.0 Å². The first kappa shape index (κ1) is 20.4. The van der Waals surface area contributed by atoms with Crippen LogP contribution in [-0.2, 0) is 4.79 Å². The lowest BCUT2D eigenvalue weighted by Crippen LogP contribution is -2.24. The van der Waals surface area contributed by atoms with Crippen LogP contribution in [0.3, 0.4) is 0 Å². The van der Waals surface area contributed by atoms with E-state index in [9.17, 15) is 14.7 Å². The van der Waals surface area contributed by atoms with Crippen LogP contribution in [0.4, 0.5) is 11.5 Å². The second-order valence-corrected chi connectivity index (χ2v) is 7.45. The average molecular weight is 435 g/mol. The number of nitrogens with one attached hydrogen (secondary N) is 2. The molecule has 8 heteroatoms. The molecule has 1 amide bonds. The predicted octanol–water partition coefficient (Wildman–Crippen LogP) is 4.75. The van der Waals surface area contributed by atoms with Gasteiger partial charge in [0.15, 0.2) is 0 Å².